The predicted octanol–water partition coefficient (Wildman–Crippen LogP) is 3.85. The standard InChI is InChI=1S/C12H10.C8H17NO3S/c1-3-7-11(8-4-1)12-9-5-2-6-10-12;1-7(2)13(10,11)9-8-4-3-5-12-6-8/h1-10H;7-9H,3-6H2,1-2H3. The van der Waals surface area contributed by atoms with E-state index >= 15 is 0 Å². The van der Waals surface area contributed by atoms with E-state index < -0.39 is 10.0 Å². The van der Waals surface area contributed by atoms with Crippen LogP contribution in [0.2, 0.25) is 0 Å². The molecule has 1 saturated heterocycles. The summed E-state index contributed by atoms with van der Waals surface area (Å²) in [5, 5.41) is -0.366. The van der Waals surface area contributed by atoms with E-state index in [0.29, 0.717) is 6.61 Å². The number of benzene rings is 2. The Morgan fingerprint density at radius 3 is 1.88 bits per heavy atom. The lowest BCUT2D eigenvalue weighted by atomic mass is 10.1. The molecule has 1 aliphatic heterocycles. The lowest BCUT2D eigenvalue weighted by Gasteiger charge is -2.23. The second-order valence-electron chi connectivity index (χ2n) is 6.36. The van der Waals surface area contributed by atoms with Crippen molar-refractivity contribution in [2.45, 2.75) is 38.0 Å². The first-order valence-corrected chi connectivity index (χ1v) is 10.2. The Bertz CT molecular complexity index is 672. The zero-order valence-electron chi connectivity index (χ0n) is 14.9. The topological polar surface area (TPSA) is 55.4 Å². The zero-order chi connectivity index (χ0) is 18.1. The highest BCUT2D eigenvalue weighted by molar-refractivity contribution is 7.90. The Balaban J connectivity index is 0.000000181. The molecule has 136 valence electrons. The summed E-state index contributed by atoms with van der Waals surface area (Å²) in [4.78, 5) is 0. The van der Waals surface area contributed by atoms with Crippen molar-refractivity contribution in [1.82, 2.24) is 4.72 Å². The molecule has 1 atom stereocenters. The number of ether oxygens (including phenoxy) is 1. The average molecular weight is 362 g/mol. The van der Waals surface area contributed by atoms with Gasteiger partial charge < -0.3 is 4.74 Å². The van der Waals surface area contributed by atoms with Gasteiger partial charge in [-0.05, 0) is 37.8 Å². The molecule has 5 heteroatoms. The van der Waals surface area contributed by atoms with E-state index in [4.69, 9.17) is 4.74 Å². The van der Waals surface area contributed by atoms with Crippen LogP contribution in [0.3, 0.4) is 0 Å². The van der Waals surface area contributed by atoms with E-state index in [2.05, 4.69) is 53.3 Å². The summed E-state index contributed by atoms with van der Waals surface area (Å²) in [7, 11) is -3.13. The van der Waals surface area contributed by atoms with Gasteiger partial charge in [-0.1, -0.05) is 60.7 Å². The number of rotatable bonds is 4. The Morgan fingerprint density at radius 2 is 1.48 bits per heavy atom. The van der Waals surface area contributed by atoms with Crippen LogP contribution < -0.4 is 4.72 Å². The van der Waals surface area contributed by atoms with Crippen LogP contribution in [0.1, 0.15) is 26.7 Å². The second-order valence-corrected chi connectivity index (χ2v) is 8.63. The van der Waals surface area contributed by atoms with Crippen LogP contribution >= 0.6 is 0 Å². The Hall–Kier alpha value is -1.69. The number of hydrogen-bond acceptors (Lipinski definition) is 3. The van der Waals surface area contributed by atoms with Crippen LogP contribution in [0.5, 0.6) is 0 Å². The third kappa shape index (κ3) is 6.61. The SMILES string of the molecule is CC(C)S(=O)(=O)NC1CCCOC1.c1ccc(-c2ccccc2)cc1. The van der Waals surface area contributed by atoms with Gasteiger partial charge in [-0.15, -0.1) is 0 Å². The maximum atomic E-state index is 11.4. The summed E-state index contributed by atoms with van der Waals surface area (Å²) >= 11 is 0. The lowest BCUT2D eigenvalue weighted by Crippen LogP contribution is -2.43. The van der Waals surface area contributed by atoms with E-state index in [0.717, 1.165) is 19.4 Å². The number of hydrogen-bond donors (Lipinski definition) is 1. The summed E-state index contributed by atoms with van der Waals surface area (Å²) in [5.41, 5.74) is 2.55. The molecule has 0 spiro atoms. The van der Waals surface area contributed by atoms with Crippen molar-refractivity contribution >= 4 is 10.0 Å². The highest BCUT2D eigenvalue weighted by Crippen LogP contribution is 2.17. The molecule has 3 rings (SSSR count). The predicted molar refractivity (Wildman–Crippen MR) is 103 cm³/mol. The smallest absolute Gasteiger partial charge is 0.214 e. The maximum Gasteiger partial charge on any atom is 0.214 e. The first-order valence-electron chi connectivity index (χ1n) is 8.68. The molecule has 1 N–H and O–H groups in total. The molecule has 1 aliphatic rings. The minimum Gasteiger partial charge on any atom is -0.380 e. The van der Waals surface area contributed by atoms with Crippen molar-refractivity contribution in [1.29, 1.82) is 0 Å². The zero-order valence-corrected chi connectivity index (χ0v) is 15.7. The van der Waals surface area contributed by atoms with Gasteiger partial charge in [-0.3, -0.25) is 0 Å². The van der Waals surface area contributed by atoms with Gasteiger partial charge in [0.15, 0.2) is 0 Å². The second kappa shape index (κ2) is 9.70. The molecule has 25 heavy (non-hydrogen) atoms. The molecule has 0 aromatic heterocycles. The van der Waals surface area contributed by atoms with Gasteiger partial charge in [-0.2, -0.15) is 0 Å². The summed E-state index contributed by atoms with van der Waals surface area (Å²) in [6.07, 6.45) is 1.82. The van der Waals surface area contributed by atoms with Gasteiger partial charge in [0, 0.05) is 12.6 Å². The molecule has 2 aromatic carbocycles. The van der Waals surface area contributed by atoms with E-state index in [9.17, 15) is 8.42 Å². The van der Waals surface area contributed by atoms with Gasteiger partial charge in [-0.25, -0.2) is 13.1 Å². The first kappa shape index (κ1) is 19.6. The average Bonchev–Trinajstić information content (AvgIpc) is 2.64. The van der Waals surface area contributed by atoms with E-state index in [1.807, 2.05) is 12.1 Å². The van der Waals surface area contributed by atoms with Crippen LogP contribution in [0.25, 0.3) is 11.1 Å². The quantitative estimate of drug-likeness (QED) is 0.900. The molecule has 1 heterocycles. The maximum absolute atomic E-state index is 11.4. The van der Waals surface area contributed by atoms with Crippen LogP contribution in [-0.4, -0.2) is 32.9 Å². The lowest BCUT2D eigenvalue weighted by molar-refractivity contribution is 0.0773. The molecule has 2 aromatic rings. The Kier molecular flexibility index (Phi) is 7.62. The van der Waals surface area contributed by atoms with Gasteiger partial charge >= 0.3 is 0 Å². The highest BCUT2D eigenvalue weighted by atomic mass is 32.2. The molecule has 4 nitrogen and oxygen atoms in total. The third-order valence-corrected chi connectivity index (χ3v) is 5.90. The van der Waals surface area contributed by atoms with Gasteiger partial charge in [0.2, 0.25) is 10.0 Å². The first-order chi connectivity index (χ1) is 12.0. The molecule has 0 amide bonds. The molecule has 0 aliphatic carbocycles. The summed E-state index contributed by atoms with van der Waals surface area (Å²) in [6.45, 7) is 4.60. The van der Waals surface area contributed by atoms with Crippen molar-refractivity contribution < 1.29 is 13.2 Å². The fourth-order valence-corrected chi connectivity index (χ4v) is 3.39. The Labute approximate surface area is 151 Å². The molecule has 1 unspecified atom stereocenters. The monoisotopic (exact) mass is 361 g/mol. The normalized spacial score (nSPS) is 17.6. The summed E-state index contributed by atoms with van der Waals surface area (Å²) in [6, 6.07) is 20.8. The van der Waals surface area contributed by atoms with Crippen LogP contribution in [0.15, 0.2) is 60.7 Å². The van der Waals surface area contributed by atoms with Crippen molar-refractivity contribution in [2.75, 3.05) is 13.2 Å². The summed E-state index contributed by atoms with van der Waals surface area (Å²) < 4.78 is 30.7. The van der Waals surface area contributed by atoms with Crippen molar-refractivity contribution in [2.24, 2.45) is 0 Å². The molecular weight excluding hydrogens is 334 g/mol. The van der Waals surface area contributed by atoms with E-state index in [1.165, 1.54) is 11.1 Å². The largest absolute Gasteiger partial charge is 0.380 e. The minimum atomic E-state index is -3.13. The molecule has 1 fully saturated rings. The minimum absolute atomic E-state index is 0.0267. The highest BCUT2D eigenvalue weighted by Gasteiger charge is 2.22. The fraction of sp³-hybridized carbons (Fsp3) is 0.400. The number of sulfonamides is 1. The van der Waals surface area contributed by atoms with Crippen LogP contribution in [0, 0.1) is 0 Å². The molecule has 0 radical (unpaired) electrons. The van der Waals surface area contributed by atoms with Gasteiger partial charge in [0.25, 0.3) is 0 Å². The van der Waals surface area contributed by atoms with E-state index in [-0.39, 0.29) is 11.3 Å². The van der Waals surface area contributed by atoms with Crippen LogP contribution in [-0.2, 0) is 14.8 Å². The van der Waals surface area contributed by atoms with Crippen LogP contribution in [0.4, 0.5) is 0 Å². The Morgan fingerprint density at radius 1 is 0.960 bits per heavy atom. The van der Waals surface area contributed by atoms with E-state index in [1.54, 1.807) is 13.8 Å². The fourth-order valence-electron chi connectivity index (χ4n) is 2.46. The van der Waals surface area contributed by atoms with Crippen molar-refractivity contribution in [3.63, 3.8) is 0 Å². The van der Waals surface area contributed by atoms with Gasteiger partial charge in [0.05, 0.1) is 11.9 Å². The summed E-state index contributed by atoms with van der Waals surface area (Å²) in [5.74, 6) is 0. The number of nitrogens with one attached hydrogen (secondary N) is 1. The van der Waals surface area contributed by atoms with Crippen molar-refractivity contribution in [3.8, 4) is 11.1 Å². The molecule has 0 saturated carbocycles. The molecular formula is C20H27NO3S. The molecule has 0 bridgehead atoms. The van der Waals surface area contributed by atoms with Crippen molar-refractivity contribution in [3.05, 3.63) is 60.7 Å². The van der Waals surface area contributed by atoms with Gasteiger partial charge in [0.1, 0.15) is 0 Å². The third-order valence-electron chi connectivity index (χ3n) is 3.99.